The molecule has 9 heteroatoms. The van der Waals surface area contributed by atoms with Crippen molar-refractivity contribution >= 4 is 27.7 Å². The fraction of sp³-hybridized carbons (Fsp3) is 0.214. The maximum absolute atomic E-state index is 13.1. The first kappa shape index (κ1) is 24.1. The van der Waals surface area contributed by atoms with Gasteiger partial charge in [-0.25, -0.2) is 9.67 Å². The van der Waals surface area contributed by atoms with Gasteiger partial charge in [0.05, 0.1) is 39.9 Å². The second kappa shape index (κ2) is 10.5. The summed E-state index contributed by atoms with van der Waals surface area (Å²) in [5.74, 6) is 1.06. The van der Waals surface area contributed by atoms with Gasteiger partial charge in [0.25, 0.3) is 5.56 Å². The molecule has 0 atom stereocenters. The number of amides is 1. The molecule has 0 aliphatic carbocycles. The second-order valence-electron chi connectivity index (χ2n) is 8.64. The highest BCUT2D eigenvalue weighted by atomic mass is 16.5. The van der Waals surface area contributed by atoms with Gasteiger partial charge in [-0.1, -0.05) is 48.5 Å². The molecule has 0 spiro atoms. The van der Waals surface area contributed by atoms with E-state index in [1.54, 1.807) is 41.9 Å². The van der Waals surface area contributed by atoms with E-state index >= 15 is 0 Å². The lowest BCUT2D eigenvalue weighted by molar-refractivity contribution is -0.120. The van der Waals surface area contributed by atoms with E-state index < -0.39 is 0 Å². The first-order valence-electron chi connectivity index (χ1n) is 11.9. The van der Waals surface area contributed by atoms with Crippen LogP contribution in [0.25, 0.3) is 21.8 Å². The molecule has 9 nitrogen and oxygen atoms in total. The minimum Gasteiger partial charge on any atom is -0.493 e. The molecule has 0 fully saturated rings. The summed E-state index contributed by atoms with van der Waals surface area (Å²) in [4.78, 5) is 30.1. The lowest BCUT2D eigenvalue weighted by atomic mass is 10.0. The molecular weight excluding hydrogens is 470 g/mol. The van der Waals surface area contributed by atoms with Gasteiger partial charge >= 0.3 is 0 Å². The Bertz CT molecular complexity index is 1630. The molecule has 2 aromatic heterocycles. The third-order valence-electron chi connectivity index (χ3n) is 6.30. The summed E-state index contributed by atoms with van der Waals surface area (Å²) in [5.41, 5.74) is 2.20. The minimum atomic E-state index is -0.151. The second-order valence-corrected chi connectivity index (χ2v) is 8.64. The van der Waals surface area contributed by atoms with E-state index in [0.29, 0.717) is 42.2 Å². The number of ether oxygens (including phenoxy) is 2. The van der Waals surface area contributed by atoms with E-state index in [1.807, 2.05) is 30.3 Å². The molecule has 0 saturated heterocycles. The van der Waals surface area contributed by atoms with Crippen molar-refractivity contribution in [2.24, 2.45) is 0 Å². The average molecular weight is 498 g/mol. The Kier molecular flexibility index (Phi) is 6.85. The zero-order chi connectivity index (χ0) is 25.8. The van der Waals surface area contributed by atoms with Crippen LogP contribution in [0.1, 0.15) is 11.1 Å². The fourth-order valence-electron chi connectivity index (χ4n) is 4.43. The van der Waals surface area contributed by atoms with E-state index in [2.05, 4.69) is 33.6 Å². The van der Waals surface area contributed by atoms with Crippen LogP contribution in [0.3, 0.4) is 0 Å². The normalized spacial score (nSPS) is 11.1. The Balaban J connectivity index is 1.24. The number of fused-ring (bicyclic) bond motifs is 2. The standard InChI is InChI=1S/C28H27N5O4/c1-36-24-11-10-19(14-25(24)37-2)15-26(34)29-12-13-33-27-23(16-31-33)28(35)32(18-30-27)17-21-8-5-7-20-6-3-4-9-22(20)21/h3-11,14,16,18H,12-13,15,17H2,1-2H3,(H,29,34). The Hall–Kier alpha value is -4.66. The molecule has 0 unspecified atom stereocenters. The Morgan fingerprint density at radius 2 is 1.78 bits per heavy atom. The van der Waals surface area contributed by atoms with Gasteiger partial charge in [0.15, 0.2) is 17.1 Å². The highest BCUT2D eigenvalue weighted by Crippen LogP contribution is 2.27. The SMILES string of the molecule is COc1ccc(CC(=O)NCCn2ncc3c(=O)n(Cc4cccc5ccccc45)cnc32)cc1OC. The van der Waals surface area contributed by atoms with Gasteiger partial charge in [-0.15, -0.1) is 0 Å². The van der Waals surface area contributed by atoms with E-state index in [-0.39, 0.29) is 17.9 Å². The number of hydrogen-bond donors (Lipinski definition) is 1. The van der Waals surface area contributed by atoms with Crippen LogP contribution in [0.2, 0.25) is 0 Å². The number of rotatable bonds is 9. The molecule has 1 amide bonds. The lowest BCUT2D eigenvalue weighted by Crippen LogP contribution is -2.29. The van der Waals surface area contributed by atoms with Crippen LogP contribution in [0, 0.1) is 0 Å². The number of aromatic nitrogens is 4. The van der Waals surface area contributed by atoms with Crippen molar-refractivity contribution in [1.29, 1.82) is 0 Å². The van der Waals surface area contributed by atoms with Crippen LogP contribution in [0.15, 0.2) is 78.0 Å². The average Bonchev–Trinajstić information content (AvgIpc) is 3.34. The fourth-order valence-corrected chi connectivity index (χ4v) is 4.43. The number of nitrogens with zero attached hydrogens (tertiary/aromatic N) is 4. The molecule has 5 rings (SSSR count). The number of carbonyl (C=O) groups is 1. The van der Waals surface area contributed by atoms with Crippen molar-refractivity contribution in [3.8, 4) is 11.5 Å². The van der Waals surface area contributed by atoms with Crippen molar-refractivity contribution < 1.29 is 14.3 Å². The van der Waals surface area contributed by atoms with Gasteiger partial charge < -0.3 is 14.8 Å². The molecular formula is C28H27N5O4. The third kappa shape index (κ3) is 5.02. The van der Waals surface area contributed by atoms with E-state index in [0.717, 1.165) is 21.9 Å². The third-order valence-corrected chi connectivity index (χ3v) is 6.30. The first-order valence-corrected chi connectivity index (χ1v) is 11.9. The van der Waals surface area contributed by atoms with Crippen molar-refractivity contribution in [3.63, 3.8) is 0 Å². The van der Waals surface area contributed by atoms with Gasteiger partial charge in [0.1, 0.15) is 11.7 Å². The van der Waals surface area contributed by atoms with E-state index in [4.69, 9.17) is 9.47 Å². The predicted molar refractivity (Wildman–Crippen MR) is 141 cm³/mol. The summed E-state index contributed by atoms with van der Waals surface area (Å²) >= 11 is 0. The summed E-state index contributed by atoms with van der Waals surface area (Å²) < 4.78 is 13.8. The number of hydrogen-bond acceptors (Lipinski definition) is 6. The van der Waals surface area contributed by atoms with Gasteiger partial charge in [-0.05, 0) is 34.0 Å². The van der Waals surface area contributed by atoms with Crippen molar-refractivity contribution in [2.45, 2.75) is 19.5 Å². The summed E-state index contributed by atoms with van der Waals surface area (Å²) in [6, 6.07) is 19.6. The number of nitrogens with one attached hydrogen (secondary N) is 1. The molecule has 3 aromatic carbocycles. The molecule has 0 bridgehead atoms. The van der Waals surface area contributed by atoms with Crippen molar-refractivity contribution in [2.75, 3.05) is 20.8 Å². The largest absolute Gasteiger partial charge is 0.493 e. The highest BCUT2D eigenvalue weighted by molar-refractivity contribution is 5.85. The van der Waals surface area contributed by atoms with Crippen molar-refractivity contribution in [3.05, 3.63) is 94.7 Å². The van der Waals surface area contributed by atoms with Crippen LogP contribution in [-0.2, 0) is 24.3 Å². The zero-order valence-electron chi connectivity index (χ0n) is 20.7. The lowest BCUT2D eigenvalue weighted by Gasteiger charge is -2.10. The monoisotopic (exact) mass is 497 g/mol. The number of carbonyl (C=O) groups excluding carboxylic acids is 1. The Morgan fingerprint density at radius 3 is 2.62 bits per heavy atom. The van der Waals surface area contributed by atoms with Crippen LogP contribution in [0.4, 0.5) is 0 Å². The van der Waals surface area contributed by atoms with Crippen LogP contribution >= 0.6 is 0 Å². The molecule has 5 aromatic rings. The molecule has 37 heavy (non-hydrogen) atoms. The molecule has 2 heterocycles. The quantitative estimate of drug-likeness (QED) is 0.336. The highest BCUT2D eigenvalue weighted by Gasteiger charge is 2.12. The summed E-state index contributed by atoms with van der Waals surface area (Å²) in [6.07, 6.45) is 3.30. The van der Waals surface area contributed by atoms with Gasteiger partial charge in [0.2, 0.25) is 5.91 Å². The molecule has 0 aliphatic rings. The molecule has 0 radical (unpaired) electrons. The molecule has 0 saturated carbocycles. The van der Waals surface area contributed by atoms with Crippen LogP contribution in [0.5, 0.6) is 11.5 Å². The minimum absolute atomic E-state index is 0.130. The Morgan fingerprint density at radius 1 is 0.973 bits per heavy atom. The van der Waals surface area contributed by atoms with E-state index in [9.17, 15) is 9.59 Å². The van der Waals surface area contributed by atoms with Gasteiger partial charge in [-0.3, -0.25) is 14.2 Å². The summed E-state index contributed by atoms with van der Waals surface area (Å²) in [6.45, 7) is 1.16. The number of benzene rings is 3. The smallest absolute Gasteiger partial charge is 0.264 e. The maximum atomic E-state index is 13.1. The summed E-state index contributed by atoms with van der Waals surface area (Å²) in [5, 5.41) is 9.91. The maximum Gasteiger partial charge on any atom is 0.264 e. The van der Waals surface area contributed by atoms with Crippen LogP contribution < -0.4 is 20.3 Å². The zero-order valence-corrected chi connectivity index (χ0v) is 20.7. The number of methoxy groups -OCH3 is 2. The van der Waals surface area contributed by atoms with Gasteiger partial charge in [-0.2, -0.15) is 5.10 Å². The van der Waals surface area contributed by atoms with Gasteiger partial charge in [0, 0.05) is 6.54 Å². The van der Waals surface area contributed by atoms with Crippen LogP contribution in [-0.4, -0.2) is 46.0 Å². The topological polar surface area (TPSA) is 100 Å². The molecule has 188 valence electrons. The van der Waals surface area contributed by atoms with Crippen molar-refractivity contribution in [1.82, 2.24) is 24.6 Å². The van der Waals surface area contributed by atoms with E-state index in [1.165, 1.54) is 6.20 Å². The predicted octanol–water partition coefficient (Wildman–Crippen LogP) is 3.17. The Labute approximate surface area is 213 Å². The summed E-state index contributed by atoms with van der Waals surface area (Å²) in [7, 11) is 3.13. The first-order chi connectivity index (χ1) is 18.1. The molecule has 0 aliphatic heterocycles. The molecule has 1 N–H and O–H groups in total.